The summed E-state index contributed by atoms with van der Waals surface area (Å²) in [5.41, 5.74) is 2.72. The lowest BCUT2D eigenvalue weighted by molar-refractivity contribution is 0.505. The second-order valence-corrected chi connectivity index (χ2v) is 8.50. The Morgan fingerprint density at radius 2 is 1.90 bits per heavy atom. The number of aromatic nitrogens is 4. The maximum Gasteiger partial charge on any atom is 0.330 e. The van der Waals surface area contributed by atoms with Gasteiger partial charge in [0.25, 0.3) is 0 Å². The highest BCUT2D eigenvalue weighted by Crippen LogP contribution is 2.31. The van der Waals surface area contributed by atoms with Crippen molar-refractivity contribution in [1.29, 1.82) is 0 Å². The van der Waals surface area contributed by atoms with Gasteiger partial charge in [0.15, 0.2) is 5.65 Å². The first kappa shape index (κ1) is 19.8. The van der Waals surface area contributed by atoms with Crippen LogP contribution >= 0.6 is 0 Å². The summed E-state index contributed by atoms with van der Waals surface area (Å²) in [6.07, 6.45) is 8.44. The van der Waals surface area contributed by atoms with Crippen molar-refractivity contribution < 1.29 is 0 Å². The lowest BCUT2D eigenvalue weighted by Crippen LogP contribution is -2.27. The molecule has 0 atom stereocenters. The number of fused-ring (bicyclic) bond motifs is 2. The highest BCUT2D eigenvalue weighted by molar-refractivity contribution is 5.85. The molecule has 0 unspecified atom stereocenters. The van der Waals surface area contributed by atoms with Gasteiger partial charge in [-0.15, -0.1) is 0 Å². The van der Waals surface area contributed by atoms with Crippen molar-refractivity contribution in [3.05, 3.63) is 64.7 Å². The molecular weight excluding hydrogens is 386 g/mol. The zero-order valence-electron chi connectivity index (χ0n) is 18.1. The van der Waals surface area contributed by atoms with E-state index in [9.17, 15) is 4.79 Å². The van der Waals surface area contributed by atoms with Gasteiger partial charge >= 0.3 is 5.69 Å². The molecule has 31 heavy (non-hydrogen) atoms. The largest absolute Gasteiger partial charge is 0.354 e. The van der Waals surface area contributed by atoms with E-state index in [2.05, 4.69) is 47.6 Å². The van der Waals surface area contributed by atoms with Crippen LogP contribution in [0, 0.1) is 0 Å². The Hall–Kier alpha value is -3.15. The molecule has 1 N–H and O–H groups in total. The molecule has 0 amide bonds. The number of unbranched alkanes of at least 4 members (excludes halogenated alkanes) is 1. The van der Waals surface area contributed by atoms with Crippen LogP contribution in [-0.4, -0.2) is 25.6 Å². The fraction of sp³-hybridized carbons (Fsp3) is 0.400. The molecule has 2 aromatic heterocycles. The molecule has 0 aliphatic heterocycles. The summed E-state index contributed by atoms with van der Waals surface area (Å²) in [5.74, 6) is 0.594. The third-order valence-corrected chi connectivity index (χ3v) is 6.41. The Bertz CT molecular complexity index is 1260. The van der Waals surface area contributed by atoms with E-state index in [0.717, 1.165) is 49.0 Å². The first-order chi connectivity index (χ1) is 15.3. The SMILES string of the molecule is CCCCNc1ncc2c(n1)n(Cc1cccc3ccccc13)c(=O)n2C1CCCC1. The Kier molecular flexibility index (Phi) is 5.45. The van der Waals surface area contributed by atoms with Crippen molar-refractivity contribution in [3.63, 3.8) is 0 Å². The third-order valence-electron chi connectivity index (χ3n) is 6.41. The van der Waals surface area contributed by atoms with Gasteiger partial charge in [0.1, 0.15) is 5.52 Å². The van der Waals surface area contributed by atoms with E-state index in [0.29, 0.717) is 12.5 Å². The van der Waals surface area contributed by atoms with Gasteiger partial charge in [-0.3, -0.25) is 9.13 Å². The number of rotatable bonds is 7. The topological polar surface area (TPSA) is 64.7 Å². The standard InChI is InChI=1S/C25H29N5O/c1-2-3-15-26-24-27-16-22-23(28-24)29(25(31)30(22)20-12-5-6-13-20)17-19-11-8-10-18-9-4-7-14-21(18)19/h4,7-11,14,16,20H,2-3,5-6,12-13,15,17H2,1H3,(H,26,27,28). The van der Waals surface area contributed by atoms with Crippen LogP contribution in [0.3, 0.4) is 0 Å². The second kappa shape index (κ2) is 8.53. The summed E-state index contributed by atoms with van der Waals surface area (Å²) in [5, 5.41) is 5.67. The zero-order valence-corrected chi connectivity index (χ0v) is 18.1. The molecule has 2 heterocycles. The van der Waals surface area contributed by atoms with Gasteiger partial charge in [-0.1, -0.05) is 68.7 Å². The van der Waals surface area contributed by atoms with Crippen LogP contribution in [-0.2, 0) is 6.54 Å². The molecular formula is C25H29N5O. The minimum Gasteiger partial charge on any atom is -0.354 e. The molecule has 6 nitrogen and oxygen atoms in total. The highest BCUT2D eigenvalue weighted by Gasteiger charge is 2.25. The molecule has 0 bridgehead atoms. The number of imidazole rings is 1. The van der Waals surface area contributed by atoms with E-state index in [4.69, 9.17) is 4.98 Å². The second-order valence-electron chi connectivity index (χ2n) is 8.50. The quantitative estimate of drug-likeness (QED) is 0.426. The molecule has 6 heteroatoms. The summed E-state index contributed by atoms with van der Waals surface area (Å²) in [7, 11) is 0. The first-order valence-corrected chi connectivity index (χ1v) is 11.4. The lowest BCUT2D eigenvalue weighted by Gasteiger charge is -2.11. The summed E-state index contributed by atoms with van der Waals surface area (Å²) in [4.78, 5) is 22.9. The Balaban J connectivity index is 1.63. The zero-order chi connectivity index (χ0) is 21.2. The molecule has 160 valence electrons. The van der Waals surface area contributed by atoms with Crippen LogP contribution in [0.2, 0.25) is 0 Å². The van der Waals surface area contributed by atoms with Crippen molar-refractivity contribution in [1.82, 2.24) is 19.1 Å². The highest BCUT2D eigenvalue weighted by atomic mass is 16.1. The number of hydrogen-bond donors (Lipinski definition) is 1. The van der Waals surface area contributed by atoms with E-state index >= 15 is 0 Å². The average Bonchev–Trinajstić information content (AvgIpc) is 3.41. The van der Waals surface area contributed by atoms with Gasteiger partial charge in [0.05, 0.1) is 12.7 Å². The maximum absolute atomic E-state index is 13.6. The van der Waals surface area contributed by atoms with Gasteiger partial charge in [-0.25, -0.2) is 9.78 Å². The molecule has 0 saturated heterocycles. The van der Waals surface area contributed by atoms with Crippen LogP contribution in [0.25, 0.3) is 21.9 Å². The van der Waals surface area contributed by atoms with E-state index in [-0.39, 0.29) is 11.7 Å². The van der Waals surface area contributed by atoms with Crippen molar-refractivity contribution in [2.24, 2.45) is 0 Å². The van der Waals surface area contributed by atoms with Gasteiger partial charge in [-0.05, 0) is 35.6 Å². The number of hydrogen-bond acceptors (Lipinski definition) is 4. The molecule has 5 rings (SSSR count). The van der Waals surface area contributed by atoms with Gasteiger partial charge in [-0.2, -0.15) is 4.98 Å². The molecule has 0 spiro atoms. The van der Waals surface area contributed by atoms with E-state index in [1.165, 1.54) is 23.6 Å². The molecule has 0 radical (unpaired) electrons. The number of nitrogens with one attached hydrogen (secondary N) is 1. The van der Waals surface area contributed by atoms with Crippen LogP contribution in [0.4, 0.5) is 5.95 Å². The average molecular weight is 416 g/mol. The van der Waals surface area contributed by atoms with Gasteiger partial charge in [0, 0.05) is 12.6 Å². The van der Waals surface area contributed by atoms with E-state index in [1.807, 2.05) is 27.5 Å². The molecule has 4 aromatic rings. The maximum atomic E-state index is 13.6. The predicted molar refractivity (Wildman–Crippen MR) is 126 cm³/mol. The van der Waals surface area contributed by atoms with Crippen molar-refractivity contribution in [2.45, 2.75) is 58.0 Å². The van der Waals surface area contributed by atoms with E-state index < -0.39 is 0 Å². The van der Waals surface area contributed by atoms with Gasteiger partial charge in [0.2, 0.25) is 5.95 Å². The minimum absolute atomic E-state index is 0.0230. The van der Waals surface area contributed by atoms with Crippen molar-refractivity contribution in [3.8, 4) is 0 Å². The predicted octanol–water partition coefficient (Wildman–Crippen LogP) is 5.12. The number of anilines is 1. The van der Waals surface area contributed by atoms with Crippen LogP contribution in [0.15, 0.2) is 53.5 Å². The summed E-state index contributed by atoms with van der Waals surface area (Å²) in [6.45, 7) is 3.50. The van der Waals surface area contributed by atoms with Gasteiger partial charge < -0.3 is 5.32 Å². The van der Waals surface area contributed by atoms with Crippen LogP contribution < -0.4 is 11.0 Å². The monoisotopic (exact) mass is 415 g/mol. The summed E-state index contributed by atoms with van der Waals surface area (Å²) >= 11 is 0. The molecule has 1 aliphatic carbocycles. The Morgan fingerprint density at radius 1 is 1.10 bits per heavy atom. The van der Waals surface area contributed by atoms with Crippen LogP contribution in [0.1, 0.15) is 57.1 Å². The number of benzene rings is 2. The summed E-state index contributed by atoms with van der Waals surface area (Å²) in [6, 6.07) is 14.9. The summed E-state index contributed by atoms with van der Waals surface area (Å²) < 4.78 is 3.78. The smallest absolute Gasteiger partial charge is 0.330 e. The molecule has 1 saturated carbocycles. The minimum atomic E-state index is 0.0230. The first-order valence-electron chi connectivity index (χ1n) is 11.4. The fourth-order valence-corrected chi connectivity index (χ4v) is 4.78. The molecule has 2 aromatic carbocycles. The van der Waals surface area contributed by atoms with E-state index in [1.54, 1.807) is 0 Å². The molecule has 1 aliphatic rings. The fourth-order valence-electron chi connectivity index (χ4n) is 4.78. The molecule has 1 fully saturated rings. The normalized spacial score (nSPS) is 14.6. The van der Waals surface area contributed by atoms with Crippen molar-refractivity contribution >= 4 is 27.9 Å². The lowest BCUT2D eigenvalue weighted by atomic mass is 10.0. The van der Waals surface area contributed by atoms with Crippen molar-refractivity contribution in [2.75, 3.05) is 11.9 Å². The third kappa shape index (κ3) is 3.71. The Morgan fingerprint density at radius 3 is 2.74 bits per heavy atom. The van der Waals surface area contributed by atoms with Crippen LogP contribution in [0.5, 0.6) is 0 Å². The Labute approximate surface area is 181 Å². The number of nitrogens with zero attached hydrogens (tertiary/aromatic N) is 4.